The molecule has 1 heteroatoms. The average Bonchev–Trinajstić information content (AvgIpc) is 3.71. The van der Waals surface area contributed by atoms with Crippen molar-refractivity contribution in [3.8, 4) is 55.6 Å². The molecule has 1 nitrogen and oxygen atoms in total. The van der Waals surface area contributed by atoms with Gasteiger partial charge in [-0.1, -0.05) is 231 Å². The molecule has 0 saturated carbocycles. The highest BCUT2D eigenvalue weighted by Crippen LogP contribution is 2.58. The Labute approximate surface area is 387 Å². The molecular weight excluding hydrogens is 795 g/mol. The zero-order valence-electron chi connectivity index (χ0n) is 36.4. The third-order valence-corrected chi connectivity index (χ3v) is 13.6. The molecule has 11 aromatic rings. The molecule has 0 aromatic heterocycles. The van der Waals surface area contributed by atoms with Gasteiger partial charge in [0.2, 0.25) is 0 Å². The smallest absolute Gasteiger partial charge is 0.0713 e. The van der Waals surface area contributed by atoms with E-state index in [4.69, 9.17) is 0 Å². The molecule has 0 N–H and O–H groups in total. The molecule has 66 heavy (non-hydrogen) atoms. The molecule has 0 spiro atoms. The van der Waals surface area contributed by atoms with E-state index in [-0.39, 0.29) is 0 Å². The Morgan fingerprint density at radius 1 is 0.242 bits per heavy atom. The molecule has 0 radical (unpaired) electrons. The van der Waals surface area contributed by atoms with Gasteiger partial charge in [0.05, 0.1) is 5.41 Å². The van der Waals surface area contributed by atoms with Gasteiger partial charge in [-0.05, 0) is 131 Å². The molecule has 0 bridgehead atoms. The van der Waals surface area contributed by atoms with Crippen molar-refractivity contribution in [3.63, 3.8) is 0 Å². The predicted molar refractivity (Wildman–Crippen MR) is 278 cm³/mol. The van der Waals surface area contributed by atoms with Crippen LogP contribution in [0.4, 0.5) is 17.1 Å². The van der Waals surface area contributed by atoms with Crippen LogP contribution >= 0.6 is 0 Å². The number of benzene rings is 11. The van der Waals surface area contributed by atoms with Crippen molar-refractivity contribution in [2.75, 3.05) is 4.90 Å². The van der Waals surface area contributed by atoms with E-state index in [2.05, 4.69) is 278 Å². The van der Waals surface area contributed by atoms with Gasteiger partial charge >= 0.3 is 0 Å². The fraction of sp³-hybridized carbons (Fsp3) is 0.0154. The molecule has 1 aliphatic rings. The summed E-state index contributed by atoms with van der Waals surface area (Å²) in [5.74, 6) is 0. The molecule has 11 aromatic carbocycles. The number of rotatable bonds is 9. The van der Waals surface area contributed by atoms with Crippen LogP contribution in [0.1, 0.15) is 22.3 Å². The summed E-state index contributed by atoms with van der Waals surface area (Å²) in [6, 6.07) is 99.9. The van der Waals surface area contributed by atoms with E-state index < -0.39 is 5.41 Å². The number of hydrogen-bond acceptors (Lipinski definition) is 1. The Balaban J connectivity index is 0.979. The van der Waals surface area contributed by atoms with Crippen LogP contribution in [0.15, 0.2) is 273 Å². The van der Waals surface area contributed by atoms with Crippen LogP contribution in [0.3, 0.4) is 0 Å². The van der Waals surface area contributed by atoms with Crippen molar-refractivity contribution < 1.29 is 0 Å². The van der Waals surface area contributed by atoms with Crippen molar-refractivity contribution in [3.05, 3.63) is 295 Å². The highest BCUT2D eigenvalue weighted by Gasteiger charge is 2.46. The second-order valence-corrected chi connectivity index (χ2v) is 17.2. The van der Waals surface area contributed by atoms with E-state index in [0.29, 0.717) is 0 Å². The monoisotopic (exact) mass is 839 g/mol. The fourth-order valence-electron chi connectivity index (χ4n) is 10.5. The van der Waals surface area contributed by atoms with Crippen LogP contribution in [0.2, 0.25) is 0 Å². The minimum absolute atomic E-state index is 0.468. The molecule has 0 saturated heterocycles. The van der Waals surface area contributed by atoms with Crippen molar-refractivity contribution >= 4 is 27.8 Å². The van der Waals surface area contributed by atoms with Crippen LogP contribution < -0.4 is 4.90 Å². The highest BCUT2D eigenvalue weighted by atomic mass is 15.1. The Kier molecular flexibility index (Phi) is 9.81. The van der Waals surface area contributed by atoms with E-state index >= 15 is 0 Å². The van der Waals surface area contributed by atoms with Gasteiger partial charge in [-0.25, -0.2) is 0 Å². The second kappa shape index (κ2) is 16.6. The molecule has 12 rings (SSSR count). The Morgan fingerprint density at radius 2 is 0.682 bits per heavy atom. The third kappa shape index (κ3) is 6.73. The first kappa shape index (κ1) is 39.1. The summed E-state index contributed by atoms with van der Waals surface area (Å²) >= 11 is 0. The first-order chi connectivity index (χ1) is 32.7. The largest absolute Gasteiger partial charge is 0.310 e. The highest BCUT2D eigenvalue weighted by molar-refractivity contribution is 5.96. The molecule has 0 aliphatic heterocycles. The quantitative estimate of drug-likeness (QED) is 0.140. The summed E-state index contributed by atoms with van der Waals surface area (Å²) in [4.78, 5) is 2.39. The van der Waals surface area contributed by atoms with Crippen molar-refractivity contribution in [2.24, 2.45) is 0 Å². The minimum Gasteiger partial charge on any atom is -0.310 e. The molecule has 310 valence electrons. The van der Waals surface area contributed by atoms with E-state index in [9.17, 15) is 0 Å². The van der Waals surface area contributed by atoms with Crippen LogP contribution in [0.25, 0.3) is 66.4 Å². The molecule has 0 atom stereocenters. The summed E-state index contributed by atoms with van der Waals surface area (Å²) in [6.07, 6.45) is 0. The number of fused-ring (bicyclic) bond motifs is 4. The lowest BCUT2D eigenvalue weighted by Crippen LogP contribution is -2.28. The van der Waals surface area contributed by atoms with Gasteiger partial charge in [-0.3, -0.25) is 0 Å². The van der Waals surface area contributed by atoms with Gasteiger partial charge in [0.15, 0.2) is 0 Å². The van der Waals surface area contributed by atoms with Crippen LogP contribution in [0, 0.1) is 0 Å². The molecule has 0 amide bonds. The minimum atomic E-state index is -0.468. The van der Waals surface area contributed by atoms with E-state index in [0.717, 1.165) is 17.1 Å². The lowest BCUT2D eigenvalue weighted by Gasteiger charge is -2.34. The van der Waals surface area contributed by atoms with Gasteiger partial charge in [0, 0.05) is 17.1 Å². The SMILES string of the molecule is c1ccc(-c2ccc(-c3ccc(N(c4ccc(-c5ccc6ccccc6c5)cc4)c4cccc(-c5cccc6c5-c5ccccc5C6(c5ccccc5)c5ccccc5)c4)cc3)cc2)cc1. The summed E-state index contributed by atoms with van der Waals surface area (Å²) in [7, 11) is 0. The maximum Gasteiger partial charge on any atom is 0.0713 e. The van der Waals surface area contributed by atoms with Gasteiger partial charge in [-0.2, -0.15) is 0 Å². The fourth-order valence-corrected chi connectivity index (χ4v) is 10.5. The molecule has 0 unspecified atom stereocenters. The molecule has 0 fully saturated rings. The summed E-state index contributed by atoms with van der Waals surface area (Å²) < 4.78 is 0. The normalized spacial score (nSPS) is 12.4. The Hall–Kier alpha value is -8.52. The Bertz CT molecular complexity index is 3440. The maximum atomic E-state index is 2.39. The maximum absolute atomic E-state index is 2.39. The average molecular weight is 840 g/mol. The topological polar surface area (TPSA) is 3.24 Å². The molecule has 0 heterocycles. The summed E-state index contributed by atoms with van der Waals surface area (Å²) in [6.45, 7) is 0. The van der Waals surface area contributed by atoms with Crippen LogP contribution in [-0.4, -0.2) is 0 Å². The Morgan fingerprint density at radius 3 is 1.32 bits per heavy atom. The first-order valence-electron chi connectivity index (χ1n) is 22.8. The van der Waals surface area contributed by atoms with E-state index in [1.54, 1.807) is 0 Å². The number of anilines is 3. The number of nitrogens with zero attached hydrogens (tertiary/aromatic N) is 1. The van der Waals surface area contributed by atoms with Gasteiger partial charge < -0.3 is 4.90 Å². The second-order valence-electron chi connectivity index (χ2n) is 17.2. The number of hydrogen-bond donors (Lipinski definition) is 0. The van der Waals surface area contributed by atoms with Crippen molar-refractivity contribution in [1.29, 1.82) is 0 Å². The van der Waals surface area contributed by atoms with Crippen LogP contribution in [-0.2, 0) is 5.41 Å². The lowest BCUT2D eigenvalue weighted by molar-refractivity contribution is 0.768. The zero-order valence-corrected chi connectivity index (χ0v) is 36.4. The predicted octanol–water partition coefficient (Wildman–Crippen LogP) is 17.3. The zero-order chi connectivity index (χ0) is 43.9. The van der Waals surface area contributed by atoms with Gasteiger partial charge in [0.25, 0.3) is 0 Å². The third-order valence-electron chi connectivity index (χ3n) is 13.6. The standard InChI is InChI=1S/C65H45N/c1-4-16-46(17-5-1)48-30-32-49(33-31-48)50-36-40-57(41-37-50)66(58-42-38-51(39-43-58)53-35-34-47-18-10-11-19-52(47)44-53)59-25-14-20-54(45-59)60-27-15-29-63-64(60)61-26-12-13-28-62(61)65(63,55-21-6-2-7-22-55)56-23-8-3-9-24-56/h1-45H. The summed E-state index contributed by atoms with van der Waals surface area (Å²) in [5, 5.41) is 2.49. The van der Waals surface area contributed by atoms with E-state index in [1.807, 2.05) is 0 Å². The molecular formula is C65H45N. The van der Waals surface area contributed by atoms with E-state index in [1.165, 1.54) is 88.7 Å². The summed E-state index contributed by atoms with van der Waals surface area (Å²) in [5.41, 5.74) is 20.1. The van der Waals surface area contributed by atoms with Crippen molar-refractivity contribution in [2.45, 2.75) is 5.41 Å². The van der Waals surface area contributed by atoms with Crippen LogP contribution in [0.5, 0.6) is 0 Å². The van der Waals surface area contributed by atoms with Gasteiger partial charge in [-0.15, -0.1) is 0 Å². The van der Waals surface area contributed by atoms with Gasteiger partial charge in [0.1, 0.15) is 0 Å². The lowest BCUT2D eigenvalue weighted by atomic mass is 9.67. The van der Waals surface area contributed by atoms with Crippen molar-refractivity contribution in [1.82, 2.24) is 0 Å². The molecule has 1 aliphatic carbocycles. The first-order valence-corrected chi connectivity index (χ1v) is 22.8.